The molecule has 1 aliphatic carbocycles. The van der Waals surface area contributed by atoms with Crippen LogP contribution in [0.3, 0.4) is 0 Å². The minimum Gasteiger partial charge on any atom is -0.393 e. The summed E-state index contributed by atoms with van der Waals surface area (Å²) in [5.41, 5.74) is 5.54. The lowest BCUT2D eigenvalue weighted by molar-refractivity contribution is 0.135. The maximum atomic E-state index is 9.66. The Balaban J connectivity index is 2.08. The van der Waals surface area contributed by atoms with Crippen molar-refractivity contribution >= 4 is 0 Å². The van der Waals surface area contributed by atoms with Crippen LogP contribution in [0.4, 0.5) is 0 Å². The van der Waals surface area contributed by atoms with E-state index in [1.165, 1.54) is 0 Å². The number of aliphatic hydroxyl groups is 1. The SMILES string of the molecule is Cc1noc([C@@H]2C[C@@H](CN)[C@@H](O)C2)n1. The van der Waals surface area contributed by atoms with E-state index in [9.17, 15) is 5.11 Å². The Morgan fingerprint density at radius 2 is 2.36 bits per heavy atom. The lowest BCUT2D eigenvalue weighted by atomic mass is 10.0. The van der Waals surface area contributed by atoms with Crippen molar-refractivity contribution in [3.05, 3.63) is 11.7 Å². The third-order valence-corrected chi connectivity index (χ3v) is 2.85. The predicted octanol–water partition coefficient (Wildman–Crippen LogP) is 0.191. The zero-order chi connectivity index (χ0) is 10.1. The van der Waals surface area contributed by atoms with Gasteiger partial charge in [-0.1, -0.05) is 5.16 Å². The lowest BCUT2D eigenvalue weighted by Gasteiger charge is -2.09. The van der Waals surface area contributed by atoms with Crippen molar-refractivity contribution in [2.75, 3.05) is 6.54 Å². The Bertz CT molecular complexity index is 313. The number of aryl methyl sites for hydroxylation is 1. The summed E-state index contributed by atoms with van der Waals surface area (Å²) in [5, 5.41) is 13.4. The van der Waals surface area contributed by atoms with Gasteiger partial charge in [-0.2, -0.15) is 4.98 Å². The fourth-order valence-electron chi connectivity index (χ4n) is 2.04. The number of nitrogens with zero attached hydrogens (tertiary/aromatic N) is 2. The van der Waals surface area contributed by atoms with E-state index in [0.29, 0.717) is 24.7 Å². The number of hydrogen-bond donors (Lipinski definition) is 2. The third kappa shape index (κ3) is 1.65. The standard InChI is InChI=1S/C9H15N3O2/c1-5-11-9(14-12-5)6-2-7(4-10)8(13)3-6/h6-8,13H,2-4,10H2,1H3/t6-,7+,8+/m1/s1. The van der Waals surface area contributed by atoms with Crippen LogP contribution in [0.1, 0.15) is 30.5 Å². The topological polar surface area (TPSA) is 85.2 Å². The molecule has 0 bridgehead atoms. The highest BCUT2D eigenvalue weighted by Crippen LogP contribution is 2.37. The number of aromatic nitrogens is 2. The van der Waals surface area contributed by atoms with Crippen molar-refractivity contribution < 1.29 is 9.63 Å². The van der Waals surface area contributed by atoms with Gasteiger partial charge in [-0.05, 0) is 32.2 Å². The molecule has 0 saturated heterocycles. The maximum Gasteiger partial charge on any atom is 0.229 e. The molecule has 1 aromatic rings. The van der Waals surface area contributed by atoms with E-state index in [1.54, 1.807) is 6.92 Å². The molecule has 0 aromatic carbocycles. The summed E-state index contributed by atoms with van der Waals surface area (Å²) in [7, 11) is 0. The maximum absolute atomic E-state index is 9.66. The molecule has 0 amide bonds. The molecule has 1 saturated carbocycles. The van der Waals surface area contributed by atoms with Crippen molar-refractivity contribution in [1.29, 1.82) is 0 Å². The molecule has 3 N–H and O–H groups in total. The van der Waals surface area contributed by atoms with Gasteiger partial charge >= 0.3 is 0 Å². The minimum atomic E-state index is -0.322. The molecular weight excluding hydrogens is 182 g/mol. The first-order chi connectivity index (χ1) is 6.70. The Labute approximate surface area is 82.3 Å². The Hall–Kier alpha value is -0.940. The van der Waals surface area contributed by atoms with Crippen LogP contribution in [0.15, 0.2) is 4.52 Å². The van der Waals surface area contributed by atoms with Crippen molar-refractivity contribution in [2.45, 2.75) is 31.8 Å². The van der Waals surface area contributed by atoms with Crippen LogP contribution < -0.4 is 5.73 Å². The van der Waals surface area contributed by atoms with Gasteiger partial charge in [0.2, 0.25) is 5.89 Å². The molecule has 78 valence electrons. The van der Waals surface area contributed by atoms with Gasteiger partial charge in [0, 0.05) is 5.92 Å². The van der Waals surface area contributed by atoms with Crippen LogP contribution in [0.5, 0.6) is 0 Å². The molecule has 2 rings (SSSR count). The molecule has 5 heteroatoms. The second-order valence-electron chi connectivity index (χ2n) is 3.91. The summed E-state index contributed by atoms with van der Waals surface area (Å²) in [6.45, 7) is 2.31. The van der Waals surface area contributed by atoms with Crippen molar-refractivity contribution in [3.8, 4) is 0 Å². The van der Waals surface area contributed by atoms with E-state index < -0.39 is 0 Å². The second-order valence-corrected chi connectivity index (χ2v) is 3.91. The van der Waals surface area contributed by atoms with Gasteiger partial charge in [-0.15, -0.1) is 0 Å². The largest absolute Gasteiger partial charge is 0.393 e. The van der Waals surface area contributed by atoms with Gasteiger partial charge in [0.1, 0.15) is 0 Å². The second kappa shape index (κ2) is 3.67. The predicted molar refractivity (Wildman–Crippen MR) is 49.6 cm³/mol. The van der Waals surface area contributed by atoms with E-state index in [-0.39, 0.29) is 17.9 Å². The molecule has 0 radical (unpaired) electrons. The number of hydrogen-bond acceptors (Lipinski definition) is 5. The van der Waals surface area contributed by atoms with Crippen molar-refractivity contribution in [1.82, 2.24) is 10.1 Å². The zero-order valence-electron chi connectivity index (χ0n) is 8.18. The van der Waals surface area contributed by atoms with E-state index in [1.807, 2.05) is 0 Å². The summed E-state index contributed by atoms with van der Waals surface area (Å²) in [6.07, 6.45) is 1.21. The fourth-order valence-corrected chi connectivity index (χ4v) is 2.04. The molecule has 0 aliphatic heterocycles. The molecule has 14 heavy (non-hydrogen) atoms. The van der Waals surface area contributed by atoms with Crippen LogP contribution >= 0.6 is 0 Å². The van der Waals surface area contributed by atoms with Gasteiger partial charge in [0.25, 0.3) is 0 Å². The Kier molecular flexibility index (Phi) is 2.52. The monoisotopic (exact) mass is 197 g/mol. The first-order valence-corrected chi connectivity index (χ1v) is 4.89. The van der Waals surface area contributed by atoms with Crippen LogP contribution in [-0.4, -0.2) is 27.9 Å². The molecule has 0 spiro atoms. The normalized spacial score (nSPS) is 32.4. The molecule has 1 aliphatic rings. The number of rotatable bonds is 2. The summed E-state index contributed by atoms with van der Waals surface area (Å²) in [5.74, 6) is 1.63. The molecule has 1 fully saturated rings. The average Bonchev–Trinajstić information content (AvgIpc) is 2.71. The van der Waals surface area contributed by atoms with Gasteiger partial charge in [0.05, 0.1) is 6.10 Å². The van der Waals surface area contributed by atoms with Gasteiger partial charge in [-0.3, -0.25) is 0 Å². The van der Waals surface area contributed by atoms with E-state index in [0.717, 1.165) is 6.42 Å². The first kappa shape index (κ1) is 9.61. The average molecular weight is 197 g/mol. The highest BCUT2D eigenvalue weighted by Gasteiger charge is 2.35. The third-order valence-electron chi connectivity index (χ3n) is 2.85. The van der Waals surface area contributed by atoms with Crippen LogP contribution in [-0.2, 0) is 0 Å². The first-order valence-electron chi connectivity index (χ1n) is 4.89. The molecular formula is C9H15N3O2. The Morgan fingerprint density at radius 3 is 2.86 bits per heavy atom. The molecule has 3 atom stereocenters. The molecule has 1 aromatic heterocycles. The van der Waals surface area contributed by atoms with Crippen molar-refractivity contribution in [3.63, 3.8) is 0 Å². The van der Waals surface area contributed by atoms with Crippen molar-refractivity contribution in [2.24, 2.45) is 11.7 Å². The molecule has 0 unspecified atom stereocenters. The number of nitrogens with two attached hydrogens (primary N) is 1. The quantitative estimate of drug-likeness (QED) is 0.707. The smallest absolute Gasteiger partial charge is 0.229 e. The minimum absolute atomic E-state index is 0.173. The van der Waals surface area contributed by atoms with E-state index in [4.69, 9.17) is 10.3 Å². The zero-order valence-corrected chi connectivity index (χ0v) is 8.18. The van der Waals surface area contributed by atoms with E-state index >= 15 is 0 Å². The van der Waals surface area contributed by atoms with Gasteiger partial charge < -0.3 is 15.4 Å². The summed E-state index contributed by atoms with van der Waals surface area (Å²) in [4.78, 5) is 4.17. The highest BCUT2D eigenvalue weighted by molar-refractivity contribution is 5.00. The summed E-state index contributed by atoms with van der Waals surface area (Å²) < 4.78 is 5.08. The molecule has 1 heterocycles. The highest BCUT2D eigenvalue weighted by atomic mass is 16.5. The van der Waals surface area contributed by atoms with Crippen LogP contribution in [0.2, 0.25) is 0 Å². The van der Waals surface area contributed by atoms with Crippen LogP contribution in [0, 0.1) is 12.8 Å². The van der Waals surface area contributed by atoms with E-state index in [2.05, 4.69) is 10.1 Å². The summed E-state index contributed by atoms with van der Waals surface area (Å²) in [6, 6.07) is 0. The van der Waals surface area contributed by atoms with Gasteiger partial charge in [0.15, 0.2) is 5.82 Å². The number of aliphatic hydroxyl groups excluding tert-OH is 1. The lowest BCUT2D eigenvalue weighted by Crippen LogP contribution is -2.21. The molecule has 5 nitrogen and oxygen atoms in total. The van der Waals surface area contributed by atoms with Crippen LogP contribution in [0.25, 0.3) is 0 Å². The summed E-state index contributed by atoms with van der Waals surface area (Å²) >= 11 is 0. The fraction of sp³-hybridized carbons (Fsp3) is 0.778. The van der Waals surface area contributed by atoms with Gasteiger partial charge in [-0.25, -0.2) is 0 Å². The Morgan fingerprint density at radius 1 is 1.57 bits per heavy atom.